The van der Waals surface area contributed by atoms with E-state index in [1.165, 1.54) is 0 Å². The third-order valence-corrected chi connectivity index (χ3v) is 3.82. The van der Waals surface area contributed by atoms with Crippen LogP contribution in [0.4, 0.5) is 5.69 Å². The third-order valence-electron chi connectivity index (χ3n) is 3.82. The lowest BCUT2D eigenvalue weighted by molar-refractivity contribution is -0.117. The van der Waals surface area contributed by atoms with Gasteiger partial charge in [-0.25, -0.2) is 0 Å². The molecule has 0 saturated heterocycles. The summed E-state index contributed by atoms with van der Waals surface area (Å²) in [6.45, 7) is 8.45. The van der Waals surface area contributed by atoms with Crippen LogP contribution in [-0.4, -0.2) is 40.8 Å². The molecule has 2 aromatic rings. The summed E-state index contributed by atoms with van der Waals surface area (Å²) in [6, 6.07) is 7.47. The average Bonchev–Trinajstić information content (AvgIpc) is 2.89. The third kappa shape index (κ3) is 4.58. The van der Waals surface area contributed by atoms with Crippen LogP contribution in [0.25, 0.3) is 0 Å². The van der Waals surface area contributed by atoms with E-state index in [-0.39, 0.29) is 5.91 Å². The summed E-state index contributed by atoms with van der Waals surface area (Å²) < 4.78 is 7.49. The van der Waals surface area contributed by atoms with Crippen LogP contribution in [0.15, 0.2) is 30.5 Å². The number of ether oxygens (including phenoxy) is 1. The number of carbonyl (C=O) groups excluding carboxylic acids is 1. The molecule has 0 saturated carbocycles. The van der Waals surface area contributed by atoms with Gasteiger partial charge in [0, 0.05) is 24.3 Å². The first-order valence-electron chi connectivity index (χ1n) is 8.26. The molecule has 0 atom stereocenters. The van der Waals surface area contributed by atoms with Crippen molar-refractivity contribution in [3.8, 4) is 5.75 Å². The van der Waals surface area contributed by atoms with Gasteiger partial charge >= 0.3 is 0 Å². The van der Waals surface area contributed by atoms with Crippen molar-refractivity contribution in [2.45, 2.75) is 33.9 Å². The predicted molar refractivity (Wildman–Crippen MR) is 95.2 cm³/mol. The molecule has 24 heavy (non-hydrogen) atoms. The minimum Gasteiger partial charge on any atom is -0.492 e. The Hall–Kier alpha value is -2.34. The molecule has 6 nitrogen and oxygen atoms in total. The minimum atomic E-state index is -0.0646. The summed E-state index contributed by atoms with van der Waals surface area (Å²) in [5.74, 6) is 0.626. The molecule has 0 aliphatic rings. The van der Waals surface area contributed by atoms with Crippen LogP contribution in [-0.2, 0) is 17.9 Å². The Balaban J connectivity index is 1.93. The molecule has 0 aliphatic carbocycles. The predicted octanol–water partition coefficient (Wildman–Crippen LogP) is 2.68. The second-order valence-electron chi connectivity index (χ2n) is 5.72. The van der Waals surface area contributed by atoms with Crippen molar-refractivity contribution >= 4 is 11.6 Å². The van der Waals surface area contributed by atoms with Gasteiger partial charge in [0.1, 0.15) is 5.75 Å². The fourth-order valence-electron chi connectivity index (χ4n) is 2.59. The van der Waals surface area contributed by atoms with Crippen LogP contribution in [0.2, 0.25) is 0 Å². The summed E-state index contributed by atoms with van der Waals surface area (Å²) in [5, 5.41) is 7.26. The first-order valence-corrected chi connectivity index (χ1v) is 8.26. The number of hydrogen-bond acceptors (Lipinski definition) is 4. The van der Waals surface area contributed by atoms with Gasteiger partial charge in [0.2, 0.25) is 5.91 Å². The average molecular weight is 330 g/mol. The van der Waals surface area contributed by atoms with Crippen LogP contribution in [0.5, 0.6) is 5.75 Å². The zero-order valence-electron chi connectivity index (χ0n) is 14.9. The second-order valence-corrected chi connectivity index (χ2v) is 5.72. The molecule has 1 aromatic heterocycles. The maximum atomic E-state index is 12.3. The van der Waals surface area contributed by atoms with E-state index in [0.717, 1.165) is 17.8 Å². The van der Waals surface area contributed by atoms with Gasteiger partial charge in [0.15, 0.2) is 0 Å². The molecule has 130 valence electrons. The standard InChI is InChI=1S/C18H26N4O2/c1-5-22-14(3)15(11-19-22)12-21(4)13-18(23)20-16-9-7-8-10-17(16)24-6-2/h7-11H,5-6,12-13H2,1-4H3,(H,20,23). The van der Waals surface area contributed by atoms with Gasteiger partial charge in [0.25, 0.3) is 0 Å². The van der Waals surface area contributed by atoms with Crippen LogP contribution in [0.3, 0.4) is 0 Å². The number of hydrogen-bond donors (Lipinski definition) is 1. The van der Waals surface area contributed by atoms with Gasteiger partial charge in [0.05, 0.1) is 25.0 Å². The summed E-state index contributed by atoms with van der Waals surface area (Å²) in [7, 11) is 1.93. The fraction of sp³-hybridized carbons (Fsp3) is 0.444. The number of nitrogens with zero attached hydrogens (tertiary/aromatic N) is 3. The van der Waals surface area contributed by atoms with Crippen LogP contribution in [0.1, 0.15) is 25.1 Å². The Labute approximate surface area is 143 Å². The minimum absolute atomic E-state index is 0.0646. The molecule has 1 aromatic carbocycles. The van der Waals surface area contributed by atoms with Crippen molar-refractivity contribution in [3.63, 3.8) is 0 Å². The van der Waals surface area contributed by atoms with Crippen LogP contribution < -0.4 is 10.1 Å². The topological polar surface area (TPSA) is 59.4 Å². The summed E-state index contributed by atoms with van der Waals surface area (Å²) in [4.78, 5) is 14.3. The highest BCUT2D eigenvalue weighted by Crippen LogP contribution is 2.23. The molecule has 0 unspecified atom stereocenters. The summed E-state index contributed by atoms with van der Waals surface area (Å²) in [6.07, 6.45) is 1.87. The van der Waals surface area contributed by atoms with Gasteiger partial charge < -0.3 is 10.1 Å². The monoisotopic (exact) mass is 330 g/mol. The first kappa shape index (κ1) is 18.0. The van der Waals surface area contributed by atoms with Gasteiger partial charge in [-0.15, -0.1) is 0 Å². The normalized spacial score (nSPS) is 10.9. The van der Waals surface area contributed by atoms with E-state index >= 15 is 0 Å². The van der Waals surface area contributed by atoms with Crippen molar-refractivity contribution in [2.24, 2.45) is 0 Å². The van der Waals surface area contributed by atoms with E-state index in [0.29, 0.717) is 31.1 Å². The van der Waals surface area contributed by atoms with Crippen molar-refractivity contribution in [1.82, 2.24) is 14.7 Å². The van der Waals surface area contributed by atoms with E-state index < -0.39 is 0 Å². The van der Waals surface area contributed by atoms with Crippen molar-refractivity contribution in [3.05, 3.63) is 41.7 Å². The fourth-order valence-corrected chi connectivity index (χ4v) is 2.59. The van der Waals surface area contributed by atoms with Gasteiger partial charge in [-0.1, -0.05) is 12.1 Å². The molecule has 1 heterocycles. The Morgan fingerprint density at radius 2 is 2.08 bits per heavy atom. The number of rotatable bonds is 8. The lowest BCUT2D eigenvalue weighted by Gasteiger charge is -2.17. The molecular weight excluding hydrogens is 304 g/mol. The number of nitrogens with one attached hydrogen (secondary N) is 1. The van der Waals surface area contributed by atoms with Gasteiger partial charge in [-0.3, -0.25) is 14.4 Å². The van der Waals surface area contributed by atoms with E-state index in [4.69, 9.17) is 4.74 Å². The number of carbonyl (C=O) groups is 1. The van der Waals surface area contributed by atoms with Gasteiger partial charge in [-0.2, -0.15) is 5.10 Å². The highest BCUT2D eigenvalue weighted by molar-refractivity contribution is 5.93. The number of likely N-dealkylation sites (N-methyl/N-ethyl adjacent to an activating group) is 1. The van der Waals surface area contributed by atoms with E-state index in [2.05, 4.69) is 24.3 Å². The smallest absolute Gasteiger partial charge is 0.238 e. The molecule has 2 rings (SSSR count). The molecule has 0 spiro atoms. The lowest BCUT2D eigenvalue weighted by atomic mass is 10.2. The lowest BCUT2D eigenvalue weighted by Crippen LogP contribution is -2.30. The highest BCUT2D eigenvalue weighted by Gasteiger charge is 2.12. The zero-order chi connectivity index (χ0) is 17.5. The van der Waals surface area contributed by atoms with Crippen LogP contribution in [0, 0.1) is 6.92 Å². The van der Waals surface area contributed by atoms with Gasteiger partial charge in [-0.05, 0) is 40.0 Å². The Morgan fingerprint density at radius 3 is 2.75 bits per heavy atom. The Kier molecular flexibility index (Phi) is 6.37. The maximum Gasteiger partial charge on any atom is 0.238 e. The number of aryl methyl sites for hydroxylation is 1. The SMILES string of the molecule is CCOc1ccccc1NC(=O)CN(C)Cc1cnn(CC)c1C. The first-order chi connectivity index (χ1) is 11.5. The number of anilines is 1. The zero-order valence-corrected chi connectivity index (χ0v) is 14.9. The molecule has 1 amide bonds. The molecule has 0 bridgehead atoms. The summed E-state index contributed by atoms with van der Waals surface area (Å²) in [5.41, 5.74) is 2.99. The molecule has 6 heteroatoms. The van der Waals surface area contributed by atoms with Crippen molar-refractivity contribution < 1.29 is 9.53 Å². The number of para-hydroxylation sites is 2. The maximum absolute atomic E-state index is 12.3. The van der Waals surface area contributed by atoms with E-state index in [1.54, 1.807) is 0 Å². The quantitative estimate of drug-likeness (QED) is 0.808. The van der Waals surface area contributed by atoms with E-state index in [9.17, 15) is 4.79 Å². The number of benzene rings is 1. The van der Waals surface area contributed by atoms with E-state index in [1.807, 2.05) is 54.0 Å². The molecular formula is C18H26N4O2. The number of aromatic nitrogens is 2. The number of amides is 1. The molecule has 0 aliphatic heterocycles. The van der Waals surface area contributed by atoms with Crippen molar-refractivity contribution in [2.75, 3.05) is 25.5 Å². The Bertz CT molecular complexity index is 681. The largest absolute Gasteiger partial charge is 0.492 e. The highest BCUT2D eigenvalue weighted by atomic mass is 16.5. The second kappa shape index (κ2) is 8.49. The molecule has 1 N–H and O–H groups in total. The Morgan fingerprint density at radius 1 is 1.33 bits per heavy atom. The molecule has 0 radical (unpaired) electrons. The summed E-state index contributed by atoms with van der Waals surface area (Å²) >= 11 is 0. The van der Waals surface area contributed by atoms with Crippen LogP contribution >= 0.6 is 0 Å². The van der Waals surface area contributed by atoms with Crippen molar-refractivity contribution in [1.29, 1.82) is 0 Å². The molecule has 0 fully saturated rings.